The molecule has 0 amide bonds. The van der Waals surface area contributed by atoms with E-state index in [1.165, 1.54) is 66.8 Å². The molecule has 0 saturated heterocycles. The van der Waals surface area contributed by atoms with Crippen molar-refractivity contribution in [3.8, 4) is 165 Å². The highest BCUT2D eigenvalue weighted by atomic mass is 16.5. The fourth-order valence-corrected chi connectivity index (χ4v) is 21.1. The summed E-state index contributed by atoms with van der Waals surface area (Å²) in [4.78, 5) is 20.2. The number of hydrogen-bond acceptors (Lipinski definition) is 12. The van der Waals surface area contributed by atoms with Crippen LogP contribution in [0.15, 0.2) is 440 Å². The molecule has 12 nitrogen and oxygen atoms in total. The van der Waals surface area contributed by atoms with Crippen LogP contribution in [0.1, 0.15) is 72.3 Å². The molecule has 12 heteroatoms. The fraction of sp³-hybridized carbons (Fsp3) is 0.0254. The number of ether oxygens (including phenoxy) is 3. The Morgan fingerprint density at radius 3 is 1.12 bits per heavy atom. The van der Waals surface area contributed by atoms with E-state index in [1.807, 2.05) is 134 Å². The van der Waals surface area contributed by atoms with E-state index in [9.17, 15) is 0 Å². The van der Waals surface area contributed by atoms with Crippen LogP contribution in [0.2, 0.25) is 0 Å². The highest BCUT2D eigenvalue weighted by Crippen LogP contribution is 2.67. The minimum atomic E-state index is -0.553. The van der Waals surface area contributed by atoms with Crippen LogP contribution in [0.3, 0.4) is 0 Å². The first-order valence-corrected chi connectivity index (χ1v) is 43.5. The zero-order chi connectivity index (χ0) is 86.0. The Morgan fingerprint density at radius 2 is 0.631 bits per heavy atom. The predicted molar refractivity (Wildman–Crippen MR) is 508 cm³/mol. The number of nitriles is 1. The summed E-state index contributed by atoms with van der Waals surface area (Å²) >= 11 is 0. The van der Waals surface area contributed by atoms with E-state index >= 15 is 0 Å². The largest absolute Gasteiger partial charge is 0.456 e. The summed E-state index contributed by atoms with van der Waals surface area (Å²) in [6, 6.07) is 147. The van der Waals surface area contributed by atoms with Crippen molar-refractivity contribution in [2.24, 2.45) is 0 Å². The van der Waals surface area contributed by atoms with Crippen molar-refractivity contribution < 1.29 is 23.0 Å². The van der Waals surface area contributed by atoms with Crippen LogP contribution in [0, 0.1) is 11.3 Å². The number of rotatable bonds is 8. The molecule has 0 bridgehead atoms. The number of fused-ring (bicyclic) bond motifs is 28. The van der Waals surface area contributed by atoms with Gasteiger partial charge in [0.25, 0.3) is 0 Å². The van der Waals surface area contributed by atoms with Crippen LogP contribution in [0.4, 0.5) is 0 Å². The summed E-state index contributed by atoms with van der Waals surface area (Å²) in [6.45, 7) is 0. The summed E-state index contributed by atoms with van der Waals surface area (Å²) in [6.07, 6.45) is 3.62. The maximum absolute atomic E-state index is 9.16. The third-order valence-electron chi connectivity index (χ3n) is 26.5. The lowest BCUT2D eigenvalue weighted by molar-refractivity contribution is 0.436. The van der Waals surface area contributed by atoms with Gasteiger partial charge in [0.1, 0.15) is 46.0 Å². The predicted octanol–water partition coefficient (Wildman–Crippen LogP) is 28.4. The minimum Gasteiger partial charge on any atom is -0.456 e. The molecule has 0 unspecified atom stereocenters. The van der Waals surface area contributed by atoms with E-state index in [-0.39, 0.29) is 0 Å². The number of aromatic nitrogens is 6. The van der Waals surface area contributed by atoms with E-state index in [0.717, 1.165) is 152 Å². The van der Waals surface area contributed by atoms with Crippen LogP contribution in [-0.4, -0.2) is 30.1 Å². The highest BCUT2D eigenvalue weighted by molar-refractivity contribution is 5.98. The van der Waals surface area contributed by atoms with Gasteiger partial charge in [-0.05, 0) is 182 Å². The third-order valence-corrected chi connectivity index (χ3v) is 26.5. The maximum Gasteiger partial charge on any atom is 0.249 e. The molecule has 3 aliphatic carbocycles. The molecule has 27 rings (SSSR count). The maximum atomic E-state index is 9.16. The monoisotopic (exact) mass is 1670 g/mol. The molecule has 21 aromatic rings. The number of furan rings is 1. The Hall–Kier alpha value is -17.5. The lowest BCUT2D eigenvalue weighted by Gasteiger charge is -2.40. The Balaban J connectivity index is 0.000000106. The van der Waals surface area contributed by atoms with Crippen molar-refractivity contribution in [2.45, 2.75) is 16.2 Å². The molecule has 0 saturated carbocycles. The molecule has 3 aliphatic heterocycles. The smallest absolute Gasteiger partial charge is 0.249 e. The molecule has 5 aromatic heterocycles. The van der Waals surface area contributed by atoms with Gasteiger partial charge in [-0.1, -0.05) is 303 Å². The van der Waals surface area contributed by atoms with Crippen molar-refractivity contribution in [1.82, 2.24) is 30.1 Å². The summed E-state index contributed by atoms with van der Waals surface area (Å²) < 4.78 is 32.8. The van der Waals surface area contributed by atoms with Crippen LogP contribution in [0.25, 0.3) is 135 Å². The number of hydrogen-bond donors (Lipinski definition) is 0. The zero-order valence-corrected chi connectivity index (χ0v) is 69.7. The van der Waals surface area contributed by atoms with Crippen LogP contribution in [-0.2, 0) is 16.2 Å². The molecule has 0 N–H and O–H groups in total. The molecule has 16 aromatic carbocycles. The molecule has 6 aliphatic rings. The van der Waals surface area contributed by atoms with Gasteiger partial charge in [-0.15, -0.1) is 10.2 Å². The molecule has 0 atom stereocenters. The van der Waals surface area contributed by atoms with E-state index < -0.39 is 16.2 Å². The third kappa shape index (κ3) is 11.4. The van der Waals surface area contributed by atoms with E-state index in [2.05, 4.69) is 295 Å². The molecule has 3 spiro atoms. The van der Waals surface area contributed by atoms with Gasteiger partial charge in [0.05, 0.1) is 61.6 Å². The first kappa shape index (κ1) is 75.0. The fourth-order valence-electron chi connectivity index (χ4n) is 21.1. The van der Waals surface area contributed by atoms with Crippen LogP contribution >= 0.6 is 0 Å². The van der Waals surface area contributed by atoms with E-state index in [0.29, 0.717) is 23.2 Å². The van der Waals surface area contributed by atoms with Crippen LogP contribution < -0.4 is 14.2 Å². The van der Waals surface area contributed by atoms with E-state index in [1.54, 1.807) is 18.3 Å². The molecular formula is C118H71N7O5. The number of pyridine rings is 2. The van der Waals surface area contributed by atoms with Crippen molar-refractivity contribution in [3.63, 3.8) is 0 Å². The topological polar surface area (TPSA) is 155 Å². The molecule has 8 heterocycles. The Labute approximate surface area is 748 Å². The van der Waals surface area contributed by atoms with Gasteiger partial charge in [-0.3, -0.25) is 9.97 Å². The van der Waals surface area contributed by atoms with Crippen molar-refractivity contribution in [3.05, 3.63) is 503 Å². The summed E-state index contributed by atoms with van der Waals surface area (Å²) in [5.74, 6) is 7.97. The molecule has 0 radical (unpaired) electrons. The lowest BCUT2D eigenvalue weighted by Crippen LogP contribution is -2.32. The summed E-state index contributed by atoms with van der Waals surface area (Å²) in [5.41, 5.74) is 31.4. The van der Waals surface area contributed by atoms with Gasteiger partial charge < -0.3 is 23.0 Å². The van der Waals surface area contributed by atoms with Crippen molar-refractivity contribution in [1.29, 1.82) is 5.26 Å². The van der Waals surface area contributed by atoms with Gasteiger partial charge in [-0.25, -0.2) is 9.97 Å². The Morgan fingerprint density at radius 1 is 0.246 bits per heavy atom. The lowest BCUT2D eigenvalue weighted by atomic mass is 9.65. The number of nitrogens with zero attached hydrogens (tertiary/aromatic N) is 7. The first-order valence-electron chi connectivity index (χ1n) is 43.5. The SMILES string of the molecule is N#Cc1ccc(-c2ccc(-c3cccc4c3Oc3ccccc3C43c4ccccc4-c4ccccc43)o2)cc1.c1ccc(-c2nc(-c3cccnc3-c3cccc4c3Oc3ccccc3C43c4ccccc4-c4ccccc43)nc3ccccc23)cc1.c1ccc(-c2nnc(-c3ccc(-c4cccc5c4Oc4ccccc4C54c5ccccc5-c5ccccc54)nc3)o2)cc1. The quantitative estimate of drug-likeness (QED) is 0.142. The number of para-hydroxylation sites is 7. The normalized spacial score (nSPS) is 13.4. The standard InChI is InChI=1S/C44H27N3O.C38H23N3O2.C36H21NO2/c1-2-14-28(15-3-1)40-31-18-6-10-25-38(31)46-43(47-40)33-20-13-27-45-41(33)32-19-12-24-37-42(32)48-39-26-11-9-23-36(39)44(37)34-21-7-4-16-29(34)30-17-5-8-22-35(30)44;1-2-11-24(12-3-1)36-40-41-37(43-36)25-21-22-33(39-23-25)28-15-10-19-32-35(28)42-34-20-9-8-18-31(34)38(32)29-16-6-4-13-26(29)27-14-5-7-17-30(27)38;37-22-23-16-18-24(19-17-23)32-20-21-33(38-32)27-10-7-14-31-35(27)39-34-15-6-5-13-30(34)36(31)28-11-3-1-8-25(28)26-9-2-4-12-29(26)36/h1-27H;1-23H;1-21H. The Bertz CT molecular complexity index is 8060. The second-order valence-corrected chi connectivity index (χ2v) is 33.1. The van der Waals surface area contributed by atoms with Crippen LogP contribution in [0.5, 0.6) is 34.5 Å². The summed E-state index contributed by atoms with van der Waals surface area (Å²) in [5, 5.41) is 18.7. The molecule has 0 fully saturated rings. The molecule has 130 heavy (non-hydrogen) atoms. The molecule has 608 valence electrons. The van der Waals surface area contributed by atoms with Gasteiger partial charge in [0, 0.05) is 84.5 Å². The van der Waals surface area contributed by atoms with E-state index in [4.69, 9.17) is 48.2 Å². The minimum absolute atomic E-state index is 0.427. The average molecular weight is 1670 g/mol. The summed E-state index contributed by atoms with van der Waals surface area (Å²) in [7, 11) is 0. The van der Waals surface area contributed by atoms with Gasteiger partial charge >= 0.3 is 0 Å². The second-order valence-electron chi connectivity index (χ2n) is 33.1. The van der Waals surface area contributed by atoms with Gasteiger partial charge in [0.2, 0.25) is 11.8 Å². The van der Waals surface area contributed by atoms with Crippen molar-refractivity contribution >= 4 is 10.9 Å². The zero-order valence-electron chi connectivity index (χ0n) is 69.7. The van der Waals surface area contributed by atoms with Gasteiger partial charge in [-0.2, -0.15) is 5.26 Å². The number of benzene rings is 16. The molecular weight excluding hydrogens is 1600 g/mol. The van der Waals surface area contributed by atoms with Gasteiger partial charge in [0.15, 0.2) is 5.82 Å². The Kier molecular flexibility index (Phi) is 17.4. The second kappa shape index (κ2) is 30.1. The highest BCUT2D eigenvalue weighted by Gasteiger charge is 2.55. The van der Waals surface area contributed by atoms with Crippen molar-refractivity contribution in [2.75, 3.05) is 0 Å². The first-order chi connectivity index (χ1) is 64.4. The average Bonchev–Trinajstić information content (AvgIpc) is 1.51.